The maximum atomic E-state index is 12.4. The number of hydrogen-bond donors (Lipinski definition) is 1. The van der Waals surface area contributed by atoms with E-state index in [4.69, 9.17) is 0 Å². The fourth-order valence-corrected chi connectivity index (χ4v) is 3.94. The molecule has 1 aromatic rings. The highest BCUT2D eigenvalue weighted by atomic mass is 16.1. The molecule has 0 aromatic heterocycles. The summed E-state index contributed by atoms with van der Waals surface area (Å²) in [5.41, 5.74) is 1.86. The molecule has 0 bridgehead atoms. The van der Waals surface area contributed by atoms with E-state index in [9.17, 15) is 4.79 Å². The number of nitrogens with zero attached hydrogens (tertiary/aromatic N) is 1. The Morgan fingerprint density at radius 1 is 0.767 bits per heavy atom. The summed E-state index contributed by atoms with van der Waals surface area (Å²) in [5, 5.41) is 3.14. The number of benzene rings is 1. The molecule has 1 atom stereocenters. The van der Waals surface area contributed by atoms with Gasteiger partial charge >= 0.3 is 0 Å². The predicted octanol–water partition coefficient (Wildman–Crippen LogP) is 7.74. The van der Waals surface area contributed by atoms with Crippen molar-refractivity contribution in [2.24, 2.45) is 0 Å². The van der Waals surface area contributed by atoms with Crippen LogP contribution in [0.3, 0.4) is 0 Å². The van der Waals surface area contributed by atoms with E-state index < -0.39 is 0 Å². The molecule has 172 valence electrons. The van der Waals surface area contributed by atoms with Crippen LogP contribution in [0.15, 0.2) is 24.3 Å². The molecular weight excluding hydrogens is 368 g/mol. The van der Waals surface area contributed by atoms with E-state index >= 15 is 0 Å². The number of unbranched alkanes of at least 4 members (excludes halogenated alkanes) is 13. The second kappa shape index (κ2) is 17.2. The van der Waals surface area contributed by atoms with Crippen LogP contribution in [0.4, 0.5) is 5.69 Å². The maximum Gasteiger partial charge on any atom is 0.251 e. The summed E-state index contributed by atoms with van der Waals surface area (Å²) >= 11 is 0. The van der Waals surface area contributed by atoms with Crippen molar-refractivity contribution in [3.63, 3.8) is 0 Å². The van der Waals surface area contributed by atoms with Crippen molar-refractivity contribution < 1.29 is 4.79 Å². The Morgan fingerprint density at radius 2 is 1.20 bits per heavy atom. The Kier molecular flexibility index (Phi) is 15.2. The molecule has 0 heterocycles. The van der Waals surface area contributed by atoms with Crippen molar-refractivity contribution in [3.05, 3.63) is 29.8 Å². The number of carbonyl (C=O) groups excluding carboxylic acids is 1. The lowest BCUT2D eigenvalue weighted by Gasteiger charge is -2.15. The first-order chi connectivity index (χ1) is 14.5. The predicted molar refractivity (Wildman–Crippen MR) is 133 cm³/mol. The Balaban J connectivity index is 1.95. The Hall–Kier alpha value is -1.51. The Bertz CT molecular complexity index is 538. The fourth-order valence-electron chi connectivity index (χ4n) is 3.94. The third kappa shape index (κ3) is 12.9. The topological polar surface area (TPSA) is 32.3 Å². The molecule has 0 aliphatic rings. The summed E-state index contributed by atoms with van der Waals surface area (Å²) in [5.74, 6) is 0.0400. The van der Waals surface area contributed by atoms with Crippen molar-refractivity contribution in [2.75, 3.05) is 19.0 Å². The number of nitrogens with one attached hydrogen (secondary N) is 1. The fraction of sp³-hybridized carbons (Fsp3) is 0.741. The van der Waals surface area contributed by atoms with Crippen LogP contribution >= 0.6 is 0 Å². The van der Waals surface area contributed by atoms with Crippen LogP contribution < -0.4 is 10.2 Å². The quantitative estimate of drug-likeness (QED) is 0.248. The summed E-state index contributed by atoms with van der Waals surface area (Å²) in [6.45, 7) is 4.40. The molecule has 1 aromatic carbocycles. The van der Waals surface area contributed by atoms with Crippen LogP contribution in [0.1, 0.15) is 121 Å². The van der Waals surface area contributed by atoms with Gasteiger partial charge in [-0.05, 0) is 37.6 Å². The first kappa shape index (κ1) is 26.5. The average Bonchev–Trinajstić information content (AvgIpc) is 2.74. The molecule has 0 aliphatic carbocycles. The lowest BCUT2D eigenvalue weighted by molar-refractivity contribution is 0.0938. The molecule has 1 unspecified atom stereocenters. The highest BCUT2D eigenvalue weighted by Gasteiger charge is 2.09. The SMILES string of the molecule is CCCCCCCCCCCCCCCCC(C)NC(=O)c1ccc(N(C)C)cc1. The van der Waals surface area contributed by atoms with E-state index in [-0.39, 0.29) is 11.9 Å². The van der Waals surface area contributed by atoms with Crippen molar-refractivity contribution in [1.82, 2.24) is 5.32 Å². The first-order valence-electron chi connectivity index (χ1n) is 12.6. The molecule has 0 fully saturated rings. The third-order valence-corrected chi connectivity index (χ3v) is 6.01. The van der Waals surface area contributed by atoms with E-state index in [1.165, 1.54) is 89.9 Å². The molecule has 0 saturated carbocycles. The summed E-state index contributed by atoms with van der Waals surface area (Å²) in [6.07, 6.45) is 20.4. The minimum Gasteiger partial charge on any atom is -0.378 e. The van der Waals surface area contributed by atoms with Crippen molar-refractivity contribution >= 4 is 11.6 Å². The largest absolute Gasteiger partial charge is 0.378 e. The van der Waals surface area contributed by atoms with Crippen LogP contribution in [0.2, 0.25) is 0 Å². The minimum absolute atomic E-state index is 0.0400. The molecule has 3 nitrogen and oxygen atoms in total. The van der Waals surface area contributed by atoms with Gasteiger partial charge in [0.2, 0.25) is 0 Å². The Labute approximate surface area is 187 Å². The Morgan fingerprint density at radius 3 is 1.63 bits per heavy atom. The number of carbonyl (C=O) groups is 1. The molecule has 0 saturated heterocycles. The number of anilines is 1. The van der Waals surface area contributed by atoms with Gasteiger partial charge in [0.1, 0.15) is 0 Å². The van der Waals surface area contributed by atoms with Gasteiger partial charge in [0.15, 0.2) is 0 Å². The summed E-state index contributed by atoms with van der Waals surface area (Å²) in [7, 11) is 4.02. The minimum atomic E-state index is 0.0400. The molecule has 1 amide bonds. The average molecular weight is 417 g/mol. The van der Waals surface area contributed by atoms with Gasteiger partial charge in [-0.25, -0.2) is 0 Å². The van der Waals surface area contributed by atoms with E-state index in [0.29, 0.717) is 0 Å². The lowest BCUT2D eigenvalue weighted by atomic mass is 10.0. The normalized spacial score (nSPS) is 12.0. The molecule has 0 spiro atoms. The molecule has 0 aliphatic heterocycles. The van der Waals surface area contributed by atoms with Crippen LogP contribution in [-0.4, -0.2) is 26.0 Å². The monoisotopic (exact) mass is 416 g/mol. The van der Waals surface area contributed by atoms with E-state index in [1.54, 1.807) is 0 Å². The van der Waals surface area contributed by atoms with E-state index in [2.05, 4.69) is 19.2 Å². The van der Waals surface area contributed by atoms with Gasteiger partial charge in [0.05, 0.1) is 0 Å². The van der Waals surface area contributed by atoms with Crippen LogP contribution in [0.25, 0.3) is 0 Å². The zero-order chi connectivity index (χ0) is 22.0. The highest BCUT2D eigenvalue weighted by Crippen LogP contribution is 2.15. The molecule has 30 heavy (non-hydrogen) atoms. The van der Waals surface area contributed by atoms with Gasteiger partial charge in [-0.3, -0.25) is 4.79 Å². The van der Waals surface area contributed by atoms with Crippen LogP contribution in [0.5, 0.6) is 0 Å². The standard InChI is InChI=1S/C27H48N2O/c1-5-6-7-8-9-10-11-12-13-14-15-16-17-18-19-24(2)28-27(30)25-20-22-26(23-21-25)29(3)4/h20-24H,5-19H2,1-4H3,(H,28,30). The maximum absolute atomic E-state index is 12.4. The van der Waals surface area contributed by atoms with Gasteiger partial charge in [0, 0.05) is 31.4 Å². The number of hydrogen-bond acceptors (Lipinski definition) is 2. The first-order valence-corrected chi connectivity index (χ1v) is 12.6. The van der Waals surface area contributed by atoms with Crippen LogP contribution in [-0.2, 0) is 0 Å². The molecule has 3 heteroatoms. The third-order valence-electron chi connectivity index (χ3n) is 6.01. The molecule has 1 rings (SSSR count). The van der Waals surface area contributed by atoms with E-state index in [0.717, 1.165) is 17.7 Å². The van der Waals surface area contributed by atoms with Gasteiger partial charge < -0.3 is 10.2 Å². The molecule has 1 N–H and O–H groups in total. The summed E-state index contributed by atoms with van der Waals surface area (Å²) < 4.78 is 0. The zero-order valence-corrected chi connectivity index (χ0v) is 20.3. The highest BCUT2D eigenvalue weighted by molar-refractivity contribution is 5.94. The second-order valence-electron chi connectivity index (χ2n) is 9.20. The zero-order valence-electron chi connectivity index (χ0n) is 20.3. The van der Waals surface area contributed by atoms with Gasteiger partial charge in [-0.1, -0.05) is 96.8 Å². The van der Waals surface area contributed by atoms with E-state index in [1.807, 2.05) is 43.3 Å². The number of amides is 1. The van der Waals surface area contributed by atoms with Gasteiger partial charge in [-0.2, -0.15) is 0 Å². The summed E-state index contributed by atoms with van der Waals surface area (Å²) in [4.78, 5) is 14.4. The van der Waals surface area contributed by atoms with Crippen molar-refractivity contribution in [1.29, 1.82) is 0 Å². The van der Waals surface area contributed by atoms with Crippen molar-refractivity contribution in [2.45, 2.75) is 116 Å². The summed E-state index contributed by atoms with van der Waals surface area (Å²) in [6, 6.07) is 8.04. The van der Waals surface area contributed by atoms with Crippen molar-refractivity contribution in [3.8, 4) is 0 Å². The number of rotatable bonds is 18. The molecule has 0 radical (unpaired) electrons. The van der Waals surface area contributed by atoms with Gasteiger partial charge in [-0.15, -0.1) is 0 Å². The van der Waals surface area contributed by atoms with Crippen LogP contribution in [0, 0.1) is 0 Å². The smallest absolute Gasteiger partial charge is 0.251 e. The molecular formula is C27H48N2O. The van der Waals surface area contributed by atoms with Gasteiger partial charge in [0.25, 0.3) is 5.91 Å². The lowest BCUT2D eigenvalue weighted by Crippen LogP contribution is -2.32. The second-order valence-corrected chi connectivity index (χ2v) is 9.20.